The van der Waals surface area contributed by atoms with Gasteiger partial charge in [0.2, 0.25) is 0 Å². The molecule has 14 heavy (non-hydrogen) atoms. The monoisotopic (exact) mass is 315 g/mol. The number of benzene rings is 1. The number of hydrogen-bond acceptors (Lipinski definition) is 1. The molecule has 0 fully saturated rings. The second kappa shape index (κ2) is 4.28. The SMILES string of the molecule is Clc1cc(I)cnc1-c1ccccc1. The lowest BCUT2D eigenvalue weighted by molar-refractivity contribution is 1.31. The molecule has 1 aromatic heterocycles. The maximum atomic E-state index is 6.10. The van der Waals surface area contributed by atoms with Gasteiger partial charge >= 0.3 is 0 Å². The first-order valence-electron chi connectivity index (χ1n) is 4.14. The summed E-state index contributed by atoms with van der Waals surface area (Å²) in [7, 11) is 0. The van der Waals surface area contributed by atoms with E-state index >= 15 is 0 Å². The van der Waals surface area contributed by atoms with Crippen LogP contribution in [0.15, 0.2) is 42.6 Å². The van der Waals surface area contributed by atoms with Crippen LogP contribution in [-0.2, 0) is 0 Å². The molecule has 0 spiro atoms. The van der Waals surface area contributed by atoms with E-state index < -0.39 is 0 Å². The van der Waals surface area contributed by atoms with Crippen LogP contribution >= 0.6 is 34.2 Å². The normalized spacial score (nSPS) is 10.1. The third kappa shape index (κ3) is 2.07. The number of nitrogens with zero attached hydrogens (tertiary/aromatic N) is 1. The zero-order valence-corrected chi connectivity index (χ0v) is 10.2. The molecule has 0 aliphatic rings. The Labute approximate surface area is 101 Å². The zero-order valence-electron chi connectivity index (χ0n) is 7.24. The third-order valence-electron chi connectivity index (χ3n) is 1.86. The summed E-state index contributed by atoms with van der Waals surface area (Å²) in [6.45, 7) is 0. The van der Waals surface area contributed by atoms with E-state index in [9.17, 15) is 0 Å². The second-order valence-electron chi connectivity index (χ2n) is 2.85. The molecule has 2 aromatic rings. The molecule has 3 heteroatoms. The molecule has 0 atom stereocenters. The Hall–Kier alpha value is -0.610. The van der Waals surface area contributed by atoms with Gasteiger partial charge in [-0.3, -0.25) is 4.98 Å². The Balaban J connectivity index is 2.53. The third-order valence-corrected chi connectivity index (χ3v) is 2.73. The van der Waals surface area contributed by atoms with Crippen LogP contribution in [0.1, 0.15) is 0 Å². The number of pyridine rings is 1. The Bertz CT molecular complexity index is 442. The minimum atomic E-state index is 0.697. The molecular weight excluding hydrogens is 308 g/mol. The van der Waals surface area contributed by atoms with E-state index in [4.69, 9.17) is 11.6 Å². The van der Waals surface area contributed by atoms with Crippen molar-refractivity contribution in [3.63, 3.8) is 0 Å². The van der Waals surface area contributed by atoms with Gasteiger partial charge in [0.25, 0.3) is 0 Å². The number of rotatable bonds is 1. The number of hydrogen-bond donors (Lipinski definition) is 0. The molecule has 0 saturated carbocycles. The summed E-state index contributed by atoms with van der Waals surface area (Å²) in [5, 5.41) is 0.697. The van der Waals surface area contributed by atoms with E-state index in [1.54, 1.807) is 0 Å². The predicted octanol–water partition coefficient (Wildman–Crippen LogP) is 4.01. The van der Waals surface area contributed by atoms with Crippen LogP contribution in [0, 0.1) is 3.57 Å². The largest absolute Gasteiger partial charge is 0.254 e. The molecule has 0 N–H and O–H groups in total. The molecule has 0 bridgehead atoms. The minimum Gasteiger partial charge on any atom is -0.254 e. The second-order valence-corrected chi connectivity index (χ2v) is 4.50. The van der Waals surface area contributed by atoms with Crippen molar-refractivity contribution >= 4 is 34.2 Å². The van der Waals surface area contributed by atoms with Crippen molar-refractivity contribution in [2.45, 2.75) is 0 Å². The summed E-state index contributed by atoms with van der Waals surface area (Å²) in [5.41, 5.74) is 1.89. The summed E-state index contributed by atoms with van der Waals surface area (Å²) in [4.78, 5) is 4.31. The van der Waals surface area contributed by atoms with Gasteiger partial charge in [0.15, 0.2) is 0 Å². The van der Waals surface area contributed by atoms with E-state index in [-0.39, 0.29) is 0 Å². The van der Waals surface area contributed by atoms with Crippen molar-refractivity contribution in [2.24, 2.45) is 0 Å². The van der Waals surface area contributed by atoms with Gasteiger partial charge in [-0.15, -0.1) is 0 Å². The van der Waals surface area contributed by atoms with Crippen LogP contribution in [-0.4, -0.2) is 4.98 Å². The van der Waals surface area contributed by atoms with Crippen LogP contribution in [0.25, 0.3) is 11.3 Å². The first kappa shape index (κ1) is 9.93. The molecular formula is C11H7ClIN. The molecule has 1 aromatic carbocycles. The molecule has 0 unspecified atom stereocenters. The highest BCUT2D eigenvalue weighted by Crippen LogP contribution is 2.26. The highest BCUT2D eigenvalue weighted by atomic mass is 127. The summed E-state index contributed by atoms with van der Waals surface area (Å²) in [6, 6.07) is 11.8. The summed E-state index contributed by atoms with van der Waals surface area (Å²) in [5.74, 6) is 0. The maximum absolute atomic E-state index is 6.10. The highest BCUT2D eigenvalue weighted by Gasteiger charge is 2.04. The number of halogens is 2. The molecule has 70 valence electrons. The Morgan fingerprint density at radius 2 is 1.86 bits per heavy atom. The van der Waals surface area contributed by atoms with Gasteiger partial charge in [-0.25, -0.2) is 0 Å². The molecule has 0 saturated heterocycles. The Morgan fingerprint density at radius 3 is 2.50 bits per heavy atom. The average molecular weight is 316 g/mol. The van der Waals surface area contributed by atoms with Crippen LogP contribution in [0.5, 0.6) is 0 Å². The molecule has 0 amide bonds. The lowest BCUT2D eigenvalue weighted by atomic mass is 10.1. The van der Waals surface area contributed by atoms with Crippen molar-refractivity contribution in [3.05, 3.63) is 51.2 Å². The quantitative estimate of drug-likeness (QED) is 0.725. The van der Waals surface area contributed by atoms with E-state index in [0.29, 0.717) is 5.02 Å². The van der Waals surface area contributed by atoms with Crippen molar-refractivity contribution < 1.29 is 0 Å². The van der Waals surface area contributed by atoms with Crippen molar-refractivity contribution in [3.8, 4) is 11.3 Å². The molecule has 1 nitrogen and oxygen atoms in total. The predicted molar refractivity (Wildman–Crippen MR) is 67.4 cm³/mol. The standard InChI is InChI=1S/C11H7ClIN/c12-10-6-9(13)7-14-11(10)8-4-2-1-3-5-8/h1-7H. The smallest absolute Gasteiger partial charge is 0.0888 e. The minimum absolute atomic E-state index is 0.697. The highest BCUT2D eigenvalue weighted by molar-refractivity contribution is 14.1. The fraction of sp³-hybridized carbons (Fsp3) is 0. The van der Waals surface area contributed by atoms with E-state index in [1.165, 1.54) is 0 Å². The molecule has 0 aliphatic carbocycles. The fourth-order valence-corrected chi connectivity index (χ4v) is 2.13. The summed E-state index contributed by atoms with van der Waals surface area (Å²) >= 11 is 8.29. The first-order chi connectivity index (χ1) is 6.77. The Morgan fingerprint density at radius 1 is 1.14 bits per heavy atom. The van der Waals surface area contributed by atoms with E-state index in [2.05, 4.69) is 27.6 Å². The van der Waals surface area contributed by atoms with E-state index in [0.717, 1.165) is 14.8 Å². The molecule has 0 aliphatic heterocycles. The lowest BCUT2D eigenvalue weighted by Gasteiger charge is -2.02. The van der Waals surface area contributed by atoms with Crippen molar-refractivity contribution in [1.29, 1.82) is 0 Å². The van der Waals surface area contributed by atoms with Gasteiger partial charge in [-0.2, -0.15) is 0 Å². The summed E-state index contributed by atoms with van der Waals surface area (Å²) < 4.78 is 1.05. The van der Waals surface area contributed by atoms with Crippen molar-refractivity contribution in [2.75, 3.05) is 0 Å². The maximum Gasteiger partial charge on any atom is 0.0888 e. The fourth-order valence-electron chi connectivity index (χ4n) is 1.22. The van der Waals surface area contributed by atoms with Crippen LogP contribution in [0.4, 0.5) is 0 Å². The van der Waals surface area contributed by atoms with Gasteiger partial charge in [0.05, 0.1) is 10.7 Å². The van der Waals surface area contributed by atoms with Gasteiger partial charge in [-0.05, 0) is 28.7 Å². The van der Waals surface area contributed by atoms with E-state index in [1.807, 2.05) is 42.6 Å². The topological polar surface area (TPSA) is 12.9 Å². The van der Waals surface area contributed by atoms with Crippen LogP contribution in [0.2, 0.25) is 5.02 Å². The lowest BCUT2D eigenvalue weighted by Crippen LogP contribution is -1.85. The average Bonchev–Trinajstić information content (AvgIpc) is 2.19. The number of aromatic nitrogens is 1. The first-order valence-corrected chi connectivity index (χ1v) is 5.59. The summed E-state index contributed by atoms with van der Waals surface area (Å²) in [6.07, 6.45) is 1.81. The van der Waals surface area contributed by atoms with Gasteiger partial charge in [0.1, 0.15) is 0 Å². The molecule has 1 heterocycles. The molecule has 0 radical (unpaired) electrons. The molecule has 2 rings (SSSR count). The van der Waals surface area contributed by atoms with Gasteiger partial charge < -0.3 is 0 Å². The van der Waals surface area contributed by atoms with Crippen LogP contribution < -0.4 is 0 Å². The Kier molecular flexibility index (Phi) is 3.03. The van der Waals surface area contributed by atoms with Crippen molar-refractivity contribution in [1.82, 2.24) is 4.98 Å². The van der Waals surface area contributed by atoms with Crippen LogP contribution in [0.3, 0.4) is 0 Å². The zero-order chi connectivity index (χ0) is 9.97. The van der Waals surface area contributed by atoms with Gasteiger partial charge in [-0.1, -0.05) is 41.9 Å². The van der Waals surface area contributed by atoms with Gasteiger partial charge in [0, 0.05) is 15.3 Å².